The minimum atomic E-state index is 0.272. The van der Waals surface area contributed by atoms with Gasteiger partial charge in [-0.25, -0.2) is 0 Å². The minimum absolute atomic E-state index is 0.272. The van der Waals surface area contributed by atoms with Gasteiger partial charge in [-0.1, -0.05) is 52.1 Å². The van der Waals surface area contributed by atoms with Gasteiger partial charge >= 0.3 is 0 Å². The van der Waals surface area contributed by atoms with Crippen LogP contribution >= 0.6 is 0 Å². The van der Waals surface area contributed by atoms with Gasteiger partial charge in [0.25, 0.3) is 0 Å². The Labute approximate surface area is 135 Å². The molecule has 0 aliphatic carbocycles. The molecule has 1 heterocycles. The largest absolute Gasteiger partial charge is 0.359 e. The first-order chi connectivity index (χ1) is 10.5. The van der Waals surface area contributed by atoms with Crippen LogP contribution in [-0.4, -0.2) is 24.7 Å². The van der Waals surface area contributed by atoms with E-state index >= 15 is 0 Å². The van der Waals surface area contributed by atoms with Crippen molar-refractivity contribution in [3.05, 3.63) is 17.5 Å². The van der Waals surface area contributed by atoms with E-state index in [-0.39, 0.29) is 5.41 Å². The molecule has 5 heteroatoms. The first-order valence-corrected chi connectivity index (χ1v) is 8.39. The van der Waals surface area contributed by atoms with Crippen molar-refractivity contribution in [2.75, 3.05) is 13.6 Å². The van der Waals surface area contributed by atoms with E-state index in [0.717, 1.165) is 30.4 Å². The molecule has 0 aliphatic heterocycles. The fourth-order valence-corrected chi connectivity index (χ4v) is 2.26. The monoisotopic (exact) mass is 308 g/mol. The Morgan fingerprint density at radius 2 is 2.05 bits per heavy atom. The molecular weight excluding hydrogens is 276 g/mol. The maximum absolute atomic E-state index is 5.27. The van der Waals surface area contributed by atoms with Crippen LogP contribution in [0.15, 0.2) is 15.6 Å². The van der Waals surface area contributed by atoms with Gasteiger partial charge in [0.2, 0.25) is 0 Å². The van der Waals surface area contributed by atoms with Gasteiger partial charge in [0.05, 0.1) is 12.2 Å². The Kier molecular flexibility index (Phi) is 7.99. The molecule has 0 unspecified atom stereocenters. The molecule has 0 fully saturated rings. The van der Waals surface area contributed by atoms with E-state index in [0.29, 0.717) is 6.54 Å². The van der Waals surface area contributed by atoms with Crippen LogP contribution in [0.5, 0.6) is 0 Å². The number of hydrogen-bond acceptors (Lipinski definition) is 3. The Bertz CT molecular complexity index is 451. The second-order valence-electron chi connectivity index (χ2n) is 6.54. The topological polar surface area (TPSA) is 62.5 Å². The summed E-state index contributed by atoms with van der Waals surface area (Å²) in [7, 11) is 1.79. The zero-order valence-electron chi connectivity index (χ0n) is 14.8. The number of nitrogens with zero attached hydrogens (tertiary/aromatic N) is 2. The van der Waals surface area contributed by atoms with Crippen LogP contribution in [0.1, 0.15) is 64.8 Å². The summed E-state index contributed by atoms with van der Waals surface area (Å²) in [4.78, 5) is 4.26. The molecule has 0 saturated carbocycles. The Morgan fingerprint density at radius 3 is 2.64 bits per heavy atom. The smallest absolute Gasteiger partial charge is 0.191 e. The zero-order valence-corrected chi connectivity index (χ0v) is 14.8. The van der Waals surface area contributed by atoms with E-state index in [2.05, 4.69) is 48.5 Å². The molecule has 5 nitrogen and oxygen atoms in total. The number of unbranched alkanes of at least 4 members (excludes halogenated alkanes) is 2. The predicted octanol–water partition coefficient (Wildman–Crippen LogP) is 3.51. The van der Waals surface area contributed by atoms with E-state index in [1.807, 2.05) is 6.07 Å². The second-order valence-corrected chi connectivity index (χ2v) is 6.54. The molecule has 1 aromatic rings. The van der Waals surface area contributed by atoms with Crippen molar-refractivity contribution in [2.45, 2.75) is 66.3 Å². The van der Waals surface area contributed by atoms with Crippen LogP contribution in [0, 0.1) is 5.41 Å². The molecular formula is C17H32N4O. The van der Waals surface area contributed by atoms with Crippen LogP contribution in [0.2, 0.25) is 0 Å². The summed E-state index contributed by atoms with van der Waals surface area (Å²) in [6, 6.07) is 1.98. The van der Waals surface area contributed by atoms with Crippen LogP contribution in [0.3, 0.4) is 0 Å². The van der Waals surface area contributed by atoms with Crippen molar-refractivity contribution in [1.82, 2.24) is 15.8 Å². The average Bonchev–Trinajstić information content (AvgIpc) is 2.95. The molecule has 1 rings (SSSR count). The molecule has 0 atom stereocenters. The second kappa shape index (κ2) is 9.49. The summed E-state index contributed by atoms with van der Waals surface area (Å²) in [6.45, 7) is 10.4. The number of nitrogens with one attached hydrogen (secondary N) is 2. The normalized spacial score (nSPS) is 12.5. The third kappa shape index (κ3) is 6.96. The predicted molar refractivity (Wildman–Crippen MR) is 92.0 cm³/mol. The summed E-state index contributed by atoms with van der Waals surface area (Å²) in [5.41, 5.74) is 1.26. The lowest BCUT2D eigenvalue weighted by Gasteiger charge is -2.26. The molecule has 0 radical (unpaired) electrons. The number of rotatable bonds is 9. The van der Waals surface area contributed by atoms with Gasteiger partial charge in [0.1, 0.15) is 0 Å². The van der Waals surface area contributed by atoms with Crippen molar-refractivity contribution in [1.29, 1.82) is 0 Å². The lowest BCUT2D eigenvalue weighted by Crippen LogP contribution is -2.41. The molecule has 0 saturated heterocycles. The molecule has 1 aromatic heterocycles. The SMILES string of the molecule is CCCCCC(C)(C)CNC(=NC)NCc1cc(CC)no1. The number of aliphatic imine (C=N–C) groups is 1. The number of hydrogen-bond donors (Lipinski definition) is 2. The van der Waals surface area contributed by atoms with Gasteiger partial charge in [0.15, 0.2) is 11.7 Å². The fourth-order valence-electron chi connectivity index (χ4n) is 2.26. The molecule has 0 aliphatic rings. The van der Waals surface area contributed by atoms with Gasteiger partial charge in [0, 0.05) is 19.7 Å². The number of guanidine groups is 1. The van der Waals surface area contributed by atoms with Crippen molar-refractivity contribution in [3.63, 3.8) is 0 Å². The molecule has 22 heavy (non-hydrogen) atoms. The third-order valence-electron chi connectivity index (χ3n) is 3.82. The first kappa shape index (κ1) is 18.5. The van der Waals surface area contributed by atoms with E-state index in [9.17, 15) is 0 Å². The Balaban J connectivity index is 2.35. The van der Waals surface area contributed by atoms with Gasteiger partial charge < -0.3 is 15.2 Å². The maximum Gasteiger partial charge on any atom is 0.191 e. The quantitative estimate of drug-likeness (QED) is 0.416. The highest BCUT2D eigenvalue weighted by molar-refractivity contribution is 5.79. The van der Waals surface area contributed by atoms with Crippen molar-refractivity contribution >= 4 is 5.96 Å². The molecule has 2 N–H and O–H groups in total. The number of aromatic nitrogens is 1. The van der Waals surface area contributed by atoms with Crippen LogP contribution in [-0.2, 0) is 13.0 Å². The average molecular weight is 308 g/mol. The van der Waals surface area contributed by atoms with Gasteiger partial charge in [-0.3, -0.25) is 4.99 Å². The minimum Gasteiger partial charge on any atom is -0.359 e. The third-order valence-corrected chi connectivity index (χ3v) is 3.82. The Hall–Kier alpha value is -1.52. The summed E-state index contributed by atoms with van der Waals surface area (Å²) in [5, 5.41) is 10.7. The molecule has 126 valence electrons. The standard InChI is InChI=1S/C17H32N4O/c1-6-8-9-10-17(3,4)13-20-16(18-5)19-12-15-11-14(7-2)21-22-15/h11H,6-10,12-13H2,1-5H3,(H2,18,19,20). The van der Waals surface area contributed by atoms with Crippen molar-refractivity contribution in [3.8, 4) is 0 Å². The van der Waals surface area contributed by atoms with Crippen LogP contribution in [0.4, 0.5) is 0 Å². The lowest BCUT2D eigenvalue weighted by molar-refractivity contribution is 0.318. The number of aryl methyl sites for hydroxylation is 1. The molecule has 0 bridgehead atoms. The summed E-state index contributed by atoms with van der Waals surface area (Å²) in [5.74, 6) is 1.64. The van der Waals surface area contributed by atoms with Gasteiger partial charge in [-0.2, -0.15) is 0 Å². The highest BCUT2D eigenvalue weighted by atomic mass is 16.5. The van der Waals surface area contributed by atoms with Crippen molar-refractivity contribution in [2.24, 2.45) is 10.4 Å². The molecule has 0 aromatic carbocycles. The van der Waals surface area contributed by atoms with E-state index in [1.165, 1.54) is 25.7 Å². The van der Waals surface area contributed by atoms with Gasteiger partial charge in [-0.15, -0.1) is 0 Å². The fraction of sp³-hybridized carbons (Fsp3) is 0.765. The highest BCUT2D eigenvalue weighted by Gasteiger charge is 2.17. The van der Waals surface area contributed by atoms with E-state index in [1.54, 1.807) is 7.05 Å². The van der Waals surface area contributed by atoms with Crippen molar-refractivity contribution < 1.29 is 4.52 Å². The Morgan fingerprint density at radius 1 is 1.27 bits per heavy atom. The van der Waals surface area contributed by atoms with E-state index < -0.39 is 0 Å². The first-order valence-electron chi connectivity index (χ1n) is 8.39. The van der Waals surface area contributed by atoms with Crippen LogP contribution in [0.25, 0.3) is 0 Å². The van der Waals surface area contributed by atoms with Crippen LogP contribution < -0.4 is 10.6 Å². The zero-order chi connectivity index (χ0) is 16.4. The summed E-state index contributed by atoms with van der Waals surface area (Å²) < 4.78 is 5.27. The summed E-state index contributed by atoms with van der Waals surface area (Å²) in [6.07, 6.45) is 5.98. The maximum atomic E-state index is 5.27. The molecule has 0 spiro atoms. The highest BCUT2D eigenvalue weighted by Crippen LogP contribution is 2.22. The lowest BCUT2D eigenvalue weighted by atomic mass is 9.87. The van der Waals surface area contributed by atoms with Gasteiger partial charge in [-0.05, 0) is 18.3 Å². The van der Waals surface area contributed by atoms with E-state index in [4.69, 9.17) is 4.52 Å². The summed E-state index contributed by atoms with van der Waals surface area (Å²) >= 11 is 0. The molecule has 0 amide bonds.